The largest absolute Gasteiger partial charge is 0.321 e. The van der Waals surface area contributed by atoms with Gasteiger partial charge in [0.25, 0.3) is 11.8 Å². The second-order valence-corrected chi connectivity index (χ2v) is 6.67. The van der Waals surface area contributed by atoms with Gasteiger partial charge in [0.2, 0.25) is 0 Å². The van der Waals surface area contributed by atoms with E-state index in [1.807, 2.05) is 48.5 Å². The van der Waals surface area contributed by atoms with Crippen molar-refractivity contribution in [1.29, 1.82) is 0 Å². The molecular formula is C25H19N3O2. The minimum absolute atomic E-state index is 0.282. The Morgan fingerprint density at radius 3 is 2.23 bits per heavy atom. The van der Waals surface area contributed by atoms with Gasteiger partial charge in [-0.1, -0.05) is 66.7 Å². The Morgan fingerprint density at radius 2 is 1.40 bits per heavy atom. The van der Waals surface area contributed by atoms with E-state index in [2.05, 4.69) is 15.8 Å². The van der Waals surface area contributed by atoms with E-state index in [0.29, 0.717) is 16.8 Å². The Labute approximate surface area is 174 Å². The molecule has 0 unspecified atom stereocenters. The minimum Gasteiger partial charge on any atom is -0.321 e. The van der Waals surface area contributed by atoms with Crippen LogP contribution in [0.15, 0.2) is 102 Å². The standard InChI is InChI=1S/C25H19N3O2/c29-24(20-9-2-1-3-10-20)27-23-13-7-6-12-22(23)25(30)28-26-17-18-14-15-19-8-4-5-11-21(19)16-18/h1-17H,(H,27,29)(H,28,30)/b26-17-. The molecular weight excluding hydrogens is 374 g/mol. The van der Waals surface area contributed by atoms with Crippen LogP contribution in [0.4, 0.5) is 5.69 Å². The van der Waals surface area contributed by atoms with Gasteiger partial charge in [-0.3, -0.25) is 9.59 Å². The summed E-state index contributed by atoms with van der Waals surface area (Å²) < 4.78 is 0. The number of carbonyl (C=O) groups is 2. The molecule has 4 rings (SSSR count). The van der Waals surface area contributed by atoms with Crippen LogP contribution < -0.4 is 10.7 Å². The van der Waals surface area contributed by atoms with E-state index >= 15 is 0 Å². The van der Waals surface area contributed by atoms with Gasteiger partial charge < -0.3 is 5.32 Å². The second kappa shape index (κ2) is 8.84. The van der Waals surface area contributed by atoms with Gasteiger partial charge in [-0.25, -0.2) is 5.43 Å². The molecule has 4 aromatic carbocycles. The maximum Gasteiger partial charge on any atom is 0.273 e. The number of nitrogens with zero attached hydrogens (tertiary/aromatic N) is 1. The molecule has 146 valence electrons. The third-order valence-corrected chi connectivity index (χ3v) is 4.61. The van der Waals surface area contributed by atoms with Gasteiger partial charge in [-0.05, 0) is 46.7 Å². The van der Waals surface area contributed by atoms with Crippen LogP contribution in [-0.2, 0) is 0 Å². The van der Waals surface area contributed by atoms with Crippen molar-refractivity contribution in [2.24, 2.45) is 5.10 Å². The first-order valence-corrected chi connectivity index (χ1v) is 9.48. The van der Waals surface area contributed by atoms with Gasteiger partial charge >= 0.3 is 0 Å². The number of hydrogen-bond donors (Lipinski definition) is 2. The molecule has 0 bridgehead atoms. The van der Waals surface area contributed by atoms with Crippen LogP contribution in [-0.4, -0.2) is 18.0 Å². The van der Waals surface area contributed by atoms with Crippen molar-refractivity contribution in [1.82, 2.24) is 5.43 Å². The predicted molar refractivity (Wildman–Crippen MR) is 120 cm³/mol. The number of hydrazone groups is 1. The number of nitrogens with one attached hydrogen (secondary N) is 2. The molecule has 0 spiro atoms. The summed E-state index contributed by atoms with van der Waals surface area (Å²) >= 11 is 0. The molecule has 4 aromatic rings. The van der Waals surface area contributed by atoms with E-state index in [-0.39, 0.29) is 5.91 Å². The number of hydrogen-bond acceptors (Lipinski definition) is 3. The maximum absolute atomic E-state index is 12.6. The third-order valence-electron chi connectivity index (χ3n) is 4.61. The Hall–Kier alpha value is -4.25. The van der Waals surface area contributed by atoms with Crippen LogP contribution in [0.3, 0.4) is 0 Å². The molecule has 0 aliphatic carbocycles. The quantitative estimate of drug-likeness (QED) is 0.376. The predicted octanol–water partition coefficient (Wildman–Crippen LogP) is 4.86. The Morgan fingerprint density at radius 1 is 0.700 bits per heavy atom. The molecule has 0 fully saturated rings. The number of carbonyl (C=O) groups excluding carboxylic acids is 2. The highest BCUT2D eigenvalue weighted by atomic mass is 16.2. The van der Waals surface area contributed by atoms with E-state index in [1.165, 1.54) is 0 Å². The summed E-state index contributed by atoms with van der Waals surface area (Å²) in [6, 6.07) is 29.6. The van der Waals surface area contributed by atoms with Crippen molar-refractivity contribution < 1.29 is 9.59 Å². The first-order chi connectivity index (χ1) is 14.7. The molecule has 0 heterocycles. The molecule has 0 saturated carbocycles. The molecule has 0 atom stereocenters. The van der Waals surface area contributed by atoms with E-state index < -0.39 is 5.91 Å². The first-order valence-electron chi connectivity index (χ1n) is 9.48. The smallest absolute Gasteiger partial charge is 0.273 e. The lowest BCUT2D eigenvalue weighted by molar-refractivity contribution is 0.0956. The molecule has 5 nitrogen and oxygen atoms in total. The fourth-order valence-corrected chi connectivity index (χ4v) is 3.09. The van der Waals surface area contributed by atoms with E-state index in [0.717, 1.165) is 16.3 Å². The van der Waals surface area contributed by atoms with Crippen molar-refractivity contribution in [2.45, 2.75) is 0 Å². The number of amides is 2. The number of anilines is 1. The van der Waals surface area contributed by atoms with Crippen molar-refractivity contribution in [3.05, 3.63) is 114 Å². The van der Waals surface area contributed by atoms with Crippen molar-refractivity contribution >= 4 is 34.5 Å². The van der Waals surface area contributed by atoms with Gasteiger partial charge in [0, 0.05) is 5.56 Å². The number of rotatable bonds is 5. The summed E-state index contributed by atoms with van der Waals surface area (Å²) in [6.07, 6.45) is 1.59. The molecule has 0 saturated heterocycles. The van der Waals surface area contributed by atoms with Crippen LogP contribution in [0.25, 0.3) is 10.8 Å². The average Bonchev–Trinajstić information content (AvgIpc) is 2.80. The highest BCUT2D eigenvalue weighted by Crippen LogP contribution is 2.17. The number of para-hydroxylation sites is 1. The van der Waals surface area contributed by atoms with E-state index in [4.69, 9.17) is 0 Å². The highest BCUT2D eigenvalue weighted by Gasteiger charge is 2.13. The van der Waals surface area contributed by atoms with Gasteiger partial charge in [-0.15, -0.1) is 0 Å². The van der Waals surface area contributed by atoms with Crippen LogP contribution in [0.5, 0.6) is 0 Å². The van der Waals surface area contributed by atoms with Crippen molar-refractivity contribution in [3.8, 4) is 0 Å². The lowest BCUT2D eigenvalue weighted by Gasteiger charge is -2.10. The summed E-state index contributed by atoms with van der Waals surface area (Å²) in [5, 5.41) is 9.09. The topological polar surface area (TPSA) is 70.6 Å². The lowest BCUT2D eigenvalue weighted by atomic mass is 10.1. The highest BCUT2D eigenvalue weighted by molar-refractivity contribution is 6.09. The lowest BCUT2D eigenvalue weighted by Crippen LogP contribution is -2.21. The zero-order valence-electron chi connectivity index (χ0n) is 16.1. The van der Waals surface area contributed by atoms with Gasteiger partial charge in [0.05, 0.1) is 17.5 Å². The molecule has 5 heteroatoms. The Kier molecular flexibility index (Phi) is 5.62. The molecule has 0 aliphatic rings. The molecule has 2 N–H and O–H groups in total. The summed E-state index contributed by atoms with van der Waals surface area (Å²) in [5.41, 5.74) is 4.67. The summed E-state index contributed by atoms with van der Waals surface area (Å²) in [5.74, 6) is -0.688. The monoisotopic (exact) mass is 393 g/mol. The van der Waals surface area contributed by atoms with Gasteiger partial charge in [-0.2, -0.15) is 5.10 Å². The normalized spacial score (nSPS) is 10.8. The molecule has 30 heavy (non-hydrogen) atoms. The fourth-order valence-electron chi connectivity index (χ4n) is 3.09. The Balaban J connectivity index is 1.46. The Bertz CT molecular complexity index is 1230. The van der Waals surface area contributed by atoms with Crippen LogP contribution >= 0.6 is 0 Å². The molecule has 0 radical (unpaired) electrons. The fraction of sp³-hybridized carbons (Fsp3) is 0. The molecule has 0 aliphatic heterocycles. The van der Waals surface area contributed by atoms with Crippen LogP contribution in [0, 0.1) is 0 Å². The zero-order valence-corrected chi connectivity index (χ0v) is 16.1. The maximum atomic E-state index is 12.6. The van der Waals surface area contributed by atoms with Gasteiger partial charge in [0.15, 0.2) is 0 Å². The van der Waals surface area contributed by atoms with Crippen molar-refractivity contribution in [3.63, 3.8) is 0 Å². The first kappa shape index (κ1) is 19.1. The molecule has 0 aromatic heterocycles. The van der Waals surface area contributed by atoms with E-state index in [9.17, 15) is 9.59 Å². The SMILES string of the molecule is O=C(Nc1ccccc1C(=O)N/N=C\c1ccc2ccccc2c1)c1ccccc1. The van der Waals surface area contributed by atoms with E-state index in [1.54, 1.807) is 54.7 Å². The third kappa shape index (κ3) is 4.42. The van der Waals surface area contributed by atoms with Gasteiger partial charge in [0.1, 0.15) is 0 Å². The number of benzene rings is 4. The zero-order chi connectivity index (χ0) is 20.8. The van der Waals surface area contributed by atoms with Crippen LogP contribution in [0.1, 0.15) is 26.3 Å². The number of fused-ring (bicyclic) bond motifs is 1. The van der Waals surface area contributed by atoms with Crippen LogP contribution in [0.2, 0.25) is 0 Å². The average molecular weight is 393 g/mol. The summed E-state index contributed by atoms with van der Waals surface area (Å²) in [4.78, 5) is 25.0. The minimum atomic E-state index is -0.406. The second-order valence-electron chi connectivity index (χ2n) is 6.67. The summed E-state index contributed by atoms with van der Waals surface area (Å²) in [6.45, 7) is 0. The molecule has 2 amide bonds. The van der Waals surface area contributed by atoms with Crippen molar-refractivity contribution in [2.75, 3.05) is 5.32 Å². The summed E-state index contributed by atoms with van der Waals surface area (Å²) in [7, 11) is 0.